The monoisotopic (exact) mass is 503 g/mol. The molecular formula is C22H27FN3NaO6S. The predicted octanol–water partition coefficient (Wildman–Crippen LogP) is -0.274. The minimum Gasteiger partial charge on any atom is -1.00 e. The van der Waals surface area contributed by atoms with Gasteiger partial charge in [0.25, 0.3) is 0 Å². The number of benzene rings is 1. The Morgan fingerprint density at radius 1 is 1.18 bits per heavy atom. The number of halogens is 1. The summed E-state index contributed by atoms with van der Waals surface area (Å²) >= 11 is 0. The first-order chi connectivity index (χ1) is 15.3. The number of sulfonamides is 1. The molecule has 0 fully saturated rings. The summed E-state index contributed by atoms with van der Waals surface area (Å²) in [7, 11) is -2.35. The molecule has 0 saturated heterocycles. The molecule has 0 unspecified atom stereocenters. The number of hydrogen-bond acceptors (Lipinski definition) is 7. The zero-order chi connectivity index (χ0) is 24.9. The summed E-state index contributed by atoms with van der Waals surface area (Å²) in [6.45, 7) is 3.66. The second-order valence-electron chi connectivity index (χ2n) is 7.82. The largest absolute Gasteiger partial charge is 1.00 e. The molecule has 180 valence electrons. The van der Waals surface area contributed by atoms with Gasteiger partial charge in [0, 0.05) is 24.6 Å². The molecule has 2 rings (SSSR count). The minimum atomic E-state index is -3.67. The average Bonchev–Trinajstić information content (AvgIpc) is 2.70. The van der Waals surface area contributed by atoms with Crippen molar-refractivity contribution in [3.05, 3.63) is 47.4 Å². The maximum atomic E-state index is 13.5. The number of aliphatic hydroxyl groups is 1. The number of aromatic nitrogens is 2. The quantitative estimate of drug-likeness (QED) is 0.334. The normalized spacial score (nSPS) is 12.4. The molecule has 12 heteroatoms. The van der Waals surface area contributed by atoms with Gasteiger partial charge in [0.15, 0.2) is 5.78 Å². The zero-order valence-electron chi connectivity index (χ0n) is 20.7. The van der Waals surface area contributed by atoms with Crippen LogP contribution in [0, 0.1) is 5.82 Å². The standard InChI is InChI=1S/C22H26FN3O6S.Na.H/c1-13(2)20-18(10-9-16(27)11-17(28)12-19(29)30)21(14-5-7-15(23)8-6-14)25-22(24-20)26(3)33(4,31)32;;/h5-10,13,17,28H,11-12H2,1-4H3,(H,29,30);;/q;+1;-1/b10-9+;;/t17-;;/m1../s1. The SMILES string of the molecule is CC(C)c1nc(N(C)S(C)(=O)=O)nc(-c2ccc(F)cc2)c1/C=C/C(=O)C[C@@H](O)CC(=O)O.[H-].[Na+]. The summed E-state index contributed by atoms with van der Waals surface area (Å²) in [5.41, 5.74) is 1.63. The maximum Gasteiger partial charge on any atom is 1.00 e. The molecule has 1 aromatic carbocycles. The fourth-order valence-corrected chi connectivity index (χ4v) is 3.32. The molecule has 0 aliphatic carbocycles. The van der Waals surface area contributed by atoms with Crippen molar-refractivity contribution in [2.75, 3.05) is 17.6 Å². The van der Waals surface area contributed by atoms with E-state index in [0.717, 1.165) is 10.6 Å². The van der Waals surface area contributed by atoms with Crippen LogP contribution in [-0.4, -0.2) is 59.8 Å². The van der Waals surface area contributed by atoms with Gasteiger partial charge in [-0.1, -0.05) is 13.8 Å². The number of ketones is 1. The molecule has 1 aromatic heterocycles. The van der Waals surface area contributed by atoms with E-state index in [1.807, 2.05) is 13.8 Å². The molecule has 0 amide bonds. The summed E-state index contributed by atoms with van der Waals surface area (Å²) in [6.07, 6.45) is 1.35. The van der Waals surface area contributed by atoms with Crippen molar-refractivity contribution < 1.29 is 63.6 Å². The van der Waals surface area contributed by atoms with Crippen molar-refractivity contribution in [3.8, 4) is 11.3 Å². The summed E-state index contributed by atoms with van der Waals surface area (Å²) in [4.78, 5) is 31.7. The average molecular weight is 504 g/mol. The molecule has 2 N–H and O–H groups in total. The van der Waals surface area contributed by atoms with Crippen molar-refractivity contribution in [1.29, 1.82) is 0 Å². The van der Waals surface area contributed by atoms with Gasteiger partial charge < -0.3 is 11.6 Å². The Labute approximate surface area is 221 Å². The Bertz CT molecular complexity index is 1180. The predicted molar refractivity (Wildman–Crippen MR) is 123 cm³/mol. The molecule has 0 aliphatic heterocycles. The van der Waals surface area contributed by atoms with E-state index in [-0.39, 0.29) is 55.0 Å². The van der Waals surface area contributed by atoms with Gasteiger partial charge in [0.1, 0.15) is 5.82 Å². The zero-order valence-corrected chi connectivity index (χ0v) is 22.5. The van der Waals surface area contributed by atoms with Gasteiger partial charge in [-0.2, -0.15) is 0 Å². The number of carbonyl (C=O) groups excluding carboxylic acids is 1. The fourth-order valence-electron chi connectivity index (χ4n) is 2.95. The van der Waals surface area contributed by atoms with Crippen LogP contribution in [0.3, 0.4) is 0 Å². The van der Waals surface area contributed by atoms with Gasteiger partial charge in [0.05, 0.1) is 30.2 Å². The third kappa shape index (κ3) is 8.24. The summed E-state index contributed by atoms with van der Waals surface area (Å²) in [6, 6.07) is 5.41. The van der Waals surface area contributed by atoms with Crippen LogP contribution in [0.5, 0.6) is 0 Å². The number of carboxylic acid groups (broad SMARTS) is 1. The second-order valence-corrected chi connectivity index (χ2v) is 9.83. The van der Waals surface area contributed by atoms with E-state index in [1.165, 1.54) is 43.5 Å². The van der Waals surface area contributed by atoms with E-state index in [2.05, 4.69) is 9.97 Å². The molecule has 0 saturated carbocycles. The van der Waals surface area contributed by atoms with Gasteiger partial charge >= 0.3 is 35.5 Å². The van der Waals surface area contributed by atoms with Gasteiger partial charge in [-0.05, 0) is 42.3 Å². The van der Waals surface area contributed by atoms with Gasteiger partial charge in [-0.3, -0.25) is 9.59 Å². The van der Waals surface area contributed by atoms with Crippen molar-refractivity contribution in [1.82, 2.24) is 9.97 Å². The van der Waals surface area contributed by atoms with E-state index < -0.39 is 40.1 Å². The van der Waals surface area contributed by atoms with Gasteiger partial charge in [-0.15, -0.1) is 0 Å². The molecule has 0 radical (unpaired) electrons. The summed E-state index contributed by atoms with van der Waals surface area (Å²) < 4.78 is 38.5. The third-order valence-electron chi connectivity index (χ3n) is 4.69. The van der Waals surface area contributed by atoms with Crippen molar-refractivity contribution in [2.45, 2.75) is 38.7 Å². The second kappa shape index (κ2) is 12.5. The fraction of sp³-hybridized carbons (Fsp3) is 0.364. The number of carbonyl (C=O) groups is 2. The van der Waals surface area contributed by atoms with Crippen LogP contribution in [0.1, 0.15) is 45.3 Å². The Hall–Kier alpha value is -2.18. The first-order valence-electron chi connectivity index (χ1n) is 10.0. The van der Waals surface area contributed by atoms with Gasteiger partial charge in [0.2, 0.25) is 16.0 Å². The maximum absolute atomic E-state index is 13.5. The van der Waals surface area contributed by atoms with Gasteiger partial charge in [-0.25, -0.2) is 27.1 Å². The van der Waals surface area contributed by atoms with Crippen LogP contribution in [0.2, 0.25) is 0 Å². The number of rotatable bonds is 10. The van der Waals surface area contributed by atoms with Crippen molar-refractivity contribution in [2.24, 2.45) is 0 Å². The number of hydrogen-bond donors (Lipinski definition) is 2. The minimum absolute atomic E-state index is 0. The molecule has 9 nitrogen and oxygen atoms in total. The molecule has 1 heterocycles. The number of aliphatic hydroxyl groups excluding tert-OH is 1. The van der Waals surface area contributed by atoms with Crippen molar-refractivity contribution >= 4 is 33.8 Å². The summed E-state index contributed by atoms with van der Waals surface area (Å²) in [5.74, 6) is -2.49. The number of carboxylic acids is 1. The molecule has 0 bridgehead atoms. The van der Waals surface area contributed by atoms with E-state index in [0.29, 0.717) is 16.8 Å². The van der Waals surface area contributed by atoms with Crippen LogP contribution >= 0.6 is 0 Å². The van der Waals surface area contributed by atoms with Crippen LogP contribution in [0.25, 0.3) is 17.3 Å². The van der Waals surface area contributed by atoms with Crippen LogP contribution < -0.4 is 33.9 Å². The Kier molecular flexibility index (Phi) is 11.0. The molecule has 0 aliphatic rings. The molecule has 0 spiro atoms. The van der Waals surface area contributed by atoms with Crippen molar-refractivity contribution in [3.63, 3.8) is 0 Å². The van der Waals surface area contributed by atoms with E-state index in [4.69, 9.17) is 5.11 Å². The Morgan fingerprint density at radius 3 is 2.26 bits per heavy atom. The van der Waals surface area contributed by atoms with E-state index in [9.17, 15) is 27.5 Å². The number of aliphatic carboxylic acids is 1. The first kappa shape index (κ1) is 29.9. The van der Waals surface area contributed by atoms with E-state index in [1.54, 1.807) is 0 Å². The number of allylic oxidation sites excluding steroid dienone is 1. The Morgan fingerprint density at radius 2 is 1.76 bits per heavy atom. The smallest absolute Gasteiger partial charge is 1.00 e. The molecule has 1 atom stereocenters. The molecule has 34 heavy (non-hydrogen) atoms. The third-order valence-corrected chi connectivity index (χ3v) is 5.85. The van der Waals surface area contributed by atoms with Crippen LogP contribution in [0.4, 0.5) is 10.3 Å². The van der Waals surface area contributed by atoms with Crippen LogP contribution in [0.15, 0.2) is 30.3 Å². The molecule has 2 aromatic rings. The molecular weight excluding hydrogens is 476 g/mol. The number of nitrogens with zero attached hydrogens (tertiary/aromatic N) is 3. The number of anilines is 1. The van der Waals surface area contributed by atoms with E-state index >= 15 is 0 Å². The topological polar surface area (TPSA) is 138 Å². The van der Waals surface area contributed by atoms with Crippen LogP contribution in [-0.2, 0) is 19.6 Å². The Balaban J connectivity index is 0.00000578. The first-order valence-corrected chi connectivity index (χ1v) is 11.9. The summed E-state index contributed by atoms with van der Waals surface area (Å²) in [5, 5.41) is 18.4.